The third kappa shape index (κ3) is 2.19. The number of benzene rings is 1. The van der Waals surface area contributed by atoms with Gasteiger partial charge < -0.3 is 10.1 Å². The number of aromatic nitrogens is 2. The predicted molar refractivity (Wildman–Crippen MR) is 59.6 cm³/mol. The van der Waals surface area contributed by atoms with E-state index in [9.17, 15) is 18.7 Å². The molecule has 0 spiro atoms. The summed E-state index contributed by atoms with van der Waals surface area (Å²) in [5, 5.41) is 9.32. The highest BCUT2D eigenvalue weighted by atomic mass is 79.9. The van der Waals surface area contributed by atoms with Crippen molar-refractivity contribution in [3.8, 4) is 17.3 Å². The third-order valence-electron chi connectivity index (χ3n) is 2.04. The Hall–Kier alpha value is -1.76. The van der Waals surface area contributed by atoms with Crippen LogP contribution in [0.25, 0.3) is 11.4 Å². The standard InChI is InChI=1S/C10H5BrF2N2O2/c11-7-9(16)14-8(15-10(7)17)4-1-2-5(12)6(13)3-4/h1-3H,(H2,14,15,16,17). The van der Waals surface area contributed by atoms with Crippen LogP contribution < -0.4 is 5.56 Å². The quantitative estimate of drug-likeness (QED) is 0.848. The number of H-pyrrole nitrogens is 1. The summed E-state index contributed by atoms with van der Waals surface area (Å²) in [6.45, 7) is 0. The van der Waals surface area contributed by atoms with E-state index in [4.69, 9.17) is 0 Å². The van der Waals surface area contributed by atoms with E-state index >= 15 is 0 Å². The number of aromatic amines is 1. The molecule has 0 atom stereocenters. The molecule has 17 heavy (non-hydrogen) atoms. The Balaban J connectivity index is 2.61. The minimum Gasteiger partial charge on any atom is -0.492 e. The van der Waals surface area contributed by atoms with E-state index < -0.39 is 23.1 Å². The maximum absolute atomic E-state index is 13.0. The summed E-state index contributed by atoms with van der Waals surface area (Å²) in [5.41, 5.74) is -0.457. The highest BCUT2D eigenvalue weighted by molar-refractivity contribution is 9.10. The summed E-state index contributed by atoms with van der Waals surface area (Å²) in [6.07, 6.45) is 0. The first-order valence-corrected chi connectivity index (χ1v) is 5.22. The van der Waals surface area contributed by atoms with Crippen molar-refractivity contribution in [1.82, 2.24) is 9.97 Å². The molecule has 4 nitrogen and oxygen atoms in total. The third-order valence-corrected chi connectivity index (χ3v) is 2.75. The van der Waals surface area contributed by atoms with Gasteiger partial charge in [-0.05, 0) is 34.1 Å². The van der Waals surface area contributed by atoms with Gasteiger partial charge in [0.25, 0.3) is 5.56 Å². The van der Waals surface area contributed by atoms with Gasteiger partial charge in [0.05, 0.1) is 0 Å². The van der Waals surface area contributed by atoms with Crippen molar-refractivity contribution in [2.24, 2.45) is 0 Å². The second-order valence-electron chi connectivity index (χ2n) is 3.18. The molecule has 0 amide bonds. The molecule has 0 unspecified atom stereocenters. The van der Waals surface area contributed by atoms with E-state index in [0.29, 0.717) is 0 Å². The fourth-order valence-electron chi connectivity index (χ4n) is 1.23. The van der Waals surface area contributed by atoms with Crippen LogP contribution in [0.5, 0.6) is 5.88 Å². The van der Waals surface area contributed by atoms with Crippen molar-refractivity contribution in [1.29, 1.82) is 0 Å². The Morgan fingerprint density at radius 2 is 2.00 bits per heavy atom. The van der Waals surface area contributed by atoms with Crippen LogP contribution >= 0.6 is 15.9 Å². The topological polar surface area (TPSA) is 66.0 Å². The van der Waals surface area contributed by atoms with E-state index in [-0.39, 0.29) is 15.9 Å². The zero-order chi connectivity index (χ0) is 12.6. The van der Waals surface area contributed by atoms with Crippen molar-refractivity contribution in [2.45, 2.75) is 0 Å². The van der Waals surface area contributed by atoms with E-state index in [1.54, 1.807) is 0 Å². The minimum absolute atomic E-state index is 0.0467. The average Bonchev–Trinajstić information content (AvgIpc) is 2.29. The first-order chi connectivity index (χ1) is 7.99. The maximum Gasteiger partial charge on any atom is 0.269 e. The molecule has 0 saturated heterocycles. The summed E-state index contributed by atoms with van der Waals surface area (Å²) in [4.78, 5) is 17.3. The van der Waals surface area contributed by atoms with Crippen LogP contribution in [0.4, 0.5) is 8.78 Å². The van der Waals surface area contributed by atoms with Crippen molar-refractivity contribution in [3.05, 3.63) is 44.7 Å². The number of nitrogens with zero attached hydrogens (tertiary/aromatic N) is 1. The number of aromatic hydroxyl groups is 1. The first kappa shape index (κ1) is 11.7. The van der Waals surface area contributed by atoms with Gasteiger partial charge in [0.15, 0.2) is 11.6 Å². The predicted octanol–water partition coefficient (Wildman–Crippen LogP) is 2.18. The Kier molecular flexibility index (Phi) is 2.93. The Morgan fingerprint density at radius 1 is 1.29 bits per heavy atom. The molecule has 1 aromatic heterocycles. The molecule has 0 aliphatic heterocycles. The number of hydrogen-bond donors (Lipinski definition) is 2. The molecule has 2 N–H and O–H groups in total. The molecular weight excluding hydrogens is 298 g/mol. The minimum atomic E-state index is -1.06. The van der Waals surface area contributed by atoms with Crippen LogP contribution in [0.1, 0.15) is 0 Å². The van der Waals surface area contributed by atoms with Crippen molar-refractivity contribution in [3.63, 3.8) is 0 Å². The summed E-state index contributed by atoms with van der Waals surface area (Å²) in [5.74, 6) is -2.63. The maximum atomic E-state index is 13.0. The van der Waals surface area contributed by atoms with Gasteiger partial charge in [-0.3, -0.25) is 4.79 Å². The lowest BCUT2D eigenvalue weighted by Crippen LogP contribution is -2.09. The lowest BCUT2D eigenvalue weighted by atomic mass is 10.2. The number of hydrogen-bond acceptors (Lipinski definition) is 3. The molecule has 1 aromatic carbocycles. The molecule has 0 saturated carbocycles. The molecule has 0 aliphatic rings. The van der Waals surface area contributed by atoms with E-state index in [1.165, 1.54) is 6.07 Å². The molecule has 0 fully saturated rings. The highest BCUT2D eigenvalue weighted by Gasteiger charge is 2.11. The fourth-order valence-corrected chi connectivity index (χ4v) is 1.41. The zero-order valence-electron chi connectivity index (χ0n) is 8.17. The van der Waals surface area contributed by atoms with E-state index in [2.05, 4.69) is 25.9 Å². The molecule has 2 aromatic rings. The monoisotopic (exact) mass is 302 g/mol. The van der Waals surface area contributed by atoms with E-state index in [1.807, 2.05) is 0 Å². The highest BCUT2D eigenvalue weighted by Crippen LogP contribution is 2.21. The molecule has 7 heteroatoms. The zero-order valence-corrected chi connectivity index (χ0v) is 9.75. The summed E-state index contributed by atoms with van der Waals surface area (Å²) in [6, 6.07) is 3.02. The van der Waals surface area contributed by atoms with Crippen LogP contribution in [-0.4, -0.2) is 15.1 Å². The van der Waals surface area contributed by atoms with Crippen LogP contribution in [-0.2, 0) is 0 Å². The second-order valence-corrected chi connectivity index (χ2v) is 3.97. The van der Waals surface area contributed by atoms with Crippen LogP contribution in [0.15, 0.2) is 27.5 Å². The Labute approximate surface area is 102 Å². The molecule has 0 aliphatic carbocycles. The molecule has 2 rings (SSSR count). The van der Waals surface area contributed by atoms with Gasteiger partial charge in [-0.2, -0.15) is 4.98 Å². The average molecular weight is 303 g/mol. The van der Waals surface area contributed by atoms with Crippen LogP contribution in [0.2, 0.25) is 0 Å². The smallest absolute Gasteiger partial charge is 0.269 e. The molecule has 0 bridgehead atoms. The summed E-state index contributed by atoms with van der Waals surface area (Å²) >= 11 is 2.82. The summed E-state index contributed by atoms with van der Waals surface area (Å²) in [7, 11) is 0. The van der Waals surface area contributed by atoms with Crippen LogP contribution in [0.3, 0.4) is 0 Å². The Morgan fingerprint density at radius 3 is 2.59 bits per heavy atom. The lowest BCUT2D eigenvalue weighted by Gasteiger charge is -2.03. The molecular formula is C10H5BrF2N2O2. The van der Waals surface area contributed by atoms with Crippen molar-refractivity contribution in [2.75, 3.05) is 0 Å². The number of halogens is 3. The Bertz CT molecular complexity index is 643. The van der Waals surface area contributed by atoms with Gasteiger partial charge in [0.1, 0.15) is 10.3 Å². The second kappa shape index (κ2) is 4.25. The van der Waals surface area contributed by atoms with Gasteiger partial charge in [0, 0.05) is 5.56 Å². The molecule has 88 valence electrons. The molecule has 1 heterocycles. The van der Waals surface area contributed by atoms with Gasteiger partial charge in [-0.1, -0.05) is 0 Å². The van der Waals surface area contributed by atoms with Gasteiger partial charge >= 0.3 is 0 Å². The number of rotatable bonds is 1. The SMILES string of the molecule is O=c1[nH]c(-c2ccc(F)c(F)c2)nc(O)c1Br. The largest absolute Gasteiger partial charge is 0.492 e. The van der Waals surface area contributed by atoms with Crippen molar-refractivity contribution < 1.29 is 13.9 Å². The number of nitrogens with one attached hydrogen (secondary N) is 1. The van der Waals surface area contributed by atoms with Crippen LogP contribution in [0, 0.1) is 11.6 Å². The normalized spacial score (nSPS) is 10.5. The van der Waals surface area contributed by atoms with Gasteiger partial charge in [0.2, 0.25) is 5.88 Å². The first-order valence-electron chi connectivity index (χ1n) is 4.43. The lowest BCUT2D eigenvalue weighted by molar-refractivity contribution is 0.448. The van der Waals surface area contributed by atoms with Gasteiger partial charge in [-0.25, -0.2) is 8.78 Å². The van der Waals surface area contributed by atoms with Gasteiger partial charge in [-0.15, -0.1) is 0 Å². The fraction of sp³-hybridized carbons (Fsp3) is 0. The van der Waals surface area contributed by atoms with E-state index in [0.717, 1.165) is 12.1 Å². The molecule has 0 radical (unpaired) electrons. The summed E-state index contributed by atoms with van der Waals surface area (Å²) < 4.78 is 25.6. The van der Waals surface area contributed by atoms with Crippen molar-refractivity contribution >= 4 is 15.9 Å².